The molecular formula is C10H17N3O. The molecule has 78 valence electrons. The summed E-state index contributed by atoms with van der Waals surface area (Å²) in [6.45, 7) is 3.65. The highest BCUT2D eigenvalue weighted by Crippen LogP contribution is 2.14. The van der Waals surface area contributed by atoms with Gasteiger partial charge in [-0.1, -0.05) is 0 Å². The Labute approximate surface area is 84.6 Å². The third kappa shape index (κ3) is 1.91. The molecule has 1 saturated heterocycles. The predicted octanol–water partition coefficient (Wildman–Crippen LogP) is -0.0536. The van der Waals surface area contributed by atoms with Gasteiger partial charge in [-0.15, -0.1) is 0 Å². The molecule has 4 heteroatoms. The monoisotopic (exact) mass is 195 g/mol. The quantitative estimate of drug-likeness (QED) is 0.637. The van der Waals surface area contributed by atoms with Crippen LogP contribution in [0.4, 0.5) is 0 Å². The van der Waals surface area contributed by atoms with E-state index in [1.807, 2.05) is 12.3 Å². The topological polar surface area (TPSA) is 41.7 Å². The maximum atomic E-state index is 5.71. The Kier molecular flexibility index (Phi) is 2.74. The molecule has 14 heavy (non-hydrogen) atoms. The van der Waals surface area contributed by atoms with E-state index in [9.17, 15) is 0 Å². The van der Waals surface area contributed by atoms with Crippen LogP contribution in [-0.4, -0.2) is 49.3 Å². The Morgan fingerprint density at radius 3 is 2.79 bits per heavy atom. The summed E-state index contributed by atoms with van der Waals surface area (Å²) >= 11 is 0. The van der Waals surface area contributed by atoms with Crippen LogP contribution in [0.15, 0.2) is 24.0 Å². The van der Waals surface area contributed by atoms with Crippen LogP contribution in [-0.2, 0) is 4.74 Å². The van der Waals surface area contributed by atoms with Gasteiger partial charge in [0, 0.05) is 32.0 Å². The molecule has 0 aromatic carbocycles. The van der Waals surface area contributed by atoms with Gasteiger partial charge in [0.25, 0.3) is 0 Å². The highest BCUT2D eigenvalue weighted by atomic mass is 16.5. The smallest absolute Gasteiger partial charge is 0.101 e. The van der Waals surface area contributed by atoms with Crippen molar-refractivity contribution in [2.75, 3.05) is 33.4 Å². The zero-order chi connectivity index (χ0) is 9.97. The van der Waals surface area contributed by atoms with E-state index in [0.717, 1.165) is 32.0 Å². The van der Waals surface area contributed by atoms with Crippen molar-refractivity contribution in [1.29, 1.82) is 0 Å². The standard InChI is InChI=1S/C10H17N3O/c1-12-8-9(11)2-3-10(12)13-4-6-14-7-5-13/h2-3,8,10H,4-7,11H2,1H3. The summed E-state index contributed by atoms with van der Waals surface area (Å²) in [5.41, 5.74) is 6.52. The lowest BCUT2D eigenvalue weighted by Gasteiger charge is -2.39. The molecule has 4 nitrogen and oxygen atoms in total. The molecule has 0 radical (unpaired) electrons. The number of hydrogen-bond donors (Lipinski definition) is 1. The lowest BCUT2D eigenvalue weighted by molar-refractivity contribution is -0.0000665. The summed E-state index contributed by atoms with van der Waals surface area (Å²) in [5.74, 6) is 0. The van der Waals surface area contributed by atoms with Crippen LogP contribution < -0.4 is 5.73 Å². The van der Waals surface area contributed by atoms with Crippen molar-refractivity contribution in [2.45, 2.75) is 6.17 Å². The van der Waals surface area contributed by atoms with Crippen LogP contribution >= 0.6 is 0 Å². The summed E-state index contributed by atoms with van der Waals surface area (Å²) < 4.78 is 5.32. The van der Waals surface area contributed by atoms with E-state index >= 15 is 0 Å². The second-order valence-corrected chi connectivity index (χ2v) is 3.72. The Balaban J connectivity index is 2.01. The Bertz CT molecular complexity index is 256. The van der Waals surface area contributed by atoms with Gasteiger partial charge in [-0.2, -0.15) is 0 Å². The second kappa shape index (κ2) is 4.02. The lowest BCUT2D eigenvalue weighted by Crippen LogP contribution is -2.49. The summed E-state index contributed by atoms with van der Waals surface area (Å²) in [5, 5.41) is 0. The van der Waals surface area contributed by atoms with E-state index in [1.54, 1.807) is 0 Å². The summed E-state index contributed by atoms with van der Waals surface area (Å²) in [4.78, 5) is 4.53. The van der Waals surface area contributed by atoms with Gasteiger partial charge >= 0.3 is 0 Å². The number of nitrogens with zero attached hydrogens (tertiary/aromatic N) is 2. The normalized spacial score (nSPS) is 29.1. The zero-order valence-electron chi connectivity index (χ0n) is 8.52. The van der Waals surface area contributed by atoms with Gasteiger partial charge in [0.15, 0.2) is 0 Å². The molecule has 2 N–H and O–H groups in total. The molecule has 0 aromatic rings. The van der Waals surface area contributed by atoms with Crippen LogP contribution in [0.25, 0.3) is 0 Å². The van der Waals surface area contributed by atoms with Gasteiger partial charge in [0.2, 0.25) is 0 Å². The van der Waals surface area contributed by atoms with Crippen LogP contribution in [0.2, 0.25) is 0 Å². The third-order valence-corrected chi connectivity index (χ3v) is 2.65. The fourth-order valence-electron chi connectivity index (χ4n) is 1.91. The van der Waals surface area contributed by atoms with Gasteiger partial charge in [-0.25, -0.2) is 0 Å². The largest absolute Gasteiger partial charge is 0.398 e. The average Bonchev–Trinajstić information content (AvgIpc) is 2.19. The van der Waals surface area contributed by atoms with Gasteiger partial charge in [-0.3, -0.25) is 4.90 Å². The van der Waals surface area contributed by atoms with E-state index < -0.39 is 0 Å². The minimum atomic E-state index is 0.339. The van der Waals surface area contributed by atoms with Crippen molar-refractivity contribution in [3.63, 3.8) is 0 Å². The maximum absolute atomic E-state index is 5.71. The van der Waals surface area contributed by atoms with E-state index in [4.69, 9.17) is 10.5 Å². The summed E-state index contributed by atoms with van der Waals surface area (Å²) in [7, 11) is 2.05. The van der Waals surface area contributed by atoms with Crippen molar-refractivity contribution in [3.05, 3.63) is 24.0 Å². The molecular weight excluding hydrogens is 178 g/mol. The molecule has 2 aliphatic heterocycles. The maximum Gasteiger partial charge on any atom is 0.101 e. The number of morpholine rings is 1. The number of ether oxygens (including phenoxy) is 1. The van der Waals surface area contributed by atoms with Crippen LogP contribution in [0.1, 0.15) is 0 Å². The van der Waals surface area contributed by atoms with Crippen molar-refractivity contribution in [2.24, 2.45) is 5.73 Å². The molecule has 0 spiro atoms. The fourth-order valence-corrected chi connectivity index (χ4v) is 1.91. The molecule has 2 heterocycles. The zero-order valence-corrected chi connectivity index (χ0v) is 8.52. The molecule has 1 atom stereocenters. The first-order valence-corrected chi connectivity index (χ1v) is 4.96. The van der Waals surface area contributed by atoms with Crippen molar-refractivity contribution >= 4 is 0 Å². The molecule has 0 amide bonds. The number of allylic oxidation sites excluding steroid dienone is 1. The highest BCUT2D eigenvalue weighted by molar-refractivity contribution is 5.21. The van der Waals surface area contributed by atoms with E-state index in [0.29, 0.717) is 6.17 Å². The van der Waals surface area contributed by atoms with Gasteiger partial charge in [0.1, 0.15) is 6.17 Å². The molecule has 1 unspecified atom stereocenters. The molecule has 0 bridgehead atoms. The average molecular weight is 195 g/mol. The van der Waals surface area contributed by atoms with E-state index in [-0.39, 0.29) is 0 Å². The number of hydrogen-bond acceptors (Lipinski definition) is 4. The van der Waals surface area contributed by atoms with Crippen molar-refractivity contribution < 1.29 is 4.74 Å². The number of rotatable bonds is 1. The first-order chi connectivity index (χ1) is 6.77. The first-order valence-electron chi connectivity index (χ1n) is 4.96. The fraction of sp³-hybridized carbons (Fsp3) is 0.600. The summed E-state index contributed by atoms with van der Waals surface area (Å²) in [6.07, 6.45) is 6.42. The predicted molar refractivity (Wildman–Crippen MR) is 55.4 cm³/mol. The molecule has 0 saturated carbocycles. The molecule has 2 rings (SSSR count). The SMILES string of the molecule is CN1C=C(N)C=CC1N1CCOCC1. The highest BCUT2D eigenvalue weighted by Gasteiger charge is 2.22. The van der Waals surface area contributed by atoms with E-state index in [1.165, 1.54) is 0 Å². The van der Waals surface area contributed by atoms with Gasteiger partial charge < -0.3 is 15.4 Å². The van der Waals surface area contributed by atoms with Gasteiger partial charge in [-0.05, 0) is 12.2 Å². The Morgan fingerprint density at radius 1 is 1.43 bits per heavy atom. The minimum absolute atomic E-state index is 0.339. The van der Waals surface area contributed by atoms with Gasteiger partial charge in [0.05, 0.1) is 13.2 Å². The summed E-state index contributed by atoms with van der Waals surface area (Å²) in [6, 6.07) is 0. The van der Waals surface area contributed by atoms with Crippen molar-refractivity contribution in [1.82, 2.24) is 9.80 Å². The molecule has 1 fully saturated rings. The number of likely N-dealkylation sites (N-methyl/N-ethyl adjacent to an activating group) is 1. The number of nitrogens with two attached hydrogens (primary N) is 1. The first kappa shape index (κ1) is 9.55. The second-order valence-electron chi connectivity index (χ2n) is 3.72. The molecule has 0 aromatic heterocycles. The lowest BCUT2D eigenvalue weighted by atomic mass is 10.2. The Morgan fingerprint density at radius 2 is 2.14 bits per heavy atom. The molecule has 0 aliphatic carbocycles. The van der Waals surface area contributed by atoms with Crippen LogP contribution in [0, 0.1) is 0 Å². The third-order valence-electron chi connectivity index (χ3n) is 2.65. The van der Waals surface area contributed by atoms with Crippen LogP contribution in [0.5, 0.6) is 0 Å². The Hall–Kier alpha value is -1.00. The van der Waals surface area contributed by atoms with Crippen molar-refractivity contribution in [3.8, 4) is 0 Å². The van der Waals surface area contributed by atoms with Crippen LogP contribution in [0.3, 0.4) is 0 Å². The molecule has 2 aliphatic rings. The minimum Gasteiger partial charge on any atom is -0.398 e. The van der Waals surface area contributed by atoms with E-state index in [2.05, 4.69) is 22.9 Å².